The van der Waals surface area contributed by atoms with Gasteiger partial charge in [-0.1, -0.05) is 30.3 Å². The van der Waals surface area contributed by atoms with Gasteiger partial charge in [0.1, 0.15) is 5.37 Å². The molecule has 1 unspecified atom stereocenters. The minimum Gasteiger partial charge on any atom is -0.404 e. The largest absolute Gasteiger partial charge is 0.573 e. The van der Waals surface area contributed by atoms with Crippen molar-refractivity contribution in [2.24, 2.45) is 0 Å². The van der Waals surface area contributed by atoms with Gasteiger partial charge in [-0.15, -0.1) is 24.9 Å². The molecule has 1 aliphatic heterocycles. The molecule has 1 heterocycles. The fourth-order valence-corrected chi connectivity index (χ4v) is 3.30. The summed E-state index contributed by atoms with van der Waals surface area (Å²) in [6, 6.07) is 14.1. The number of halogens is 3. The van der Waals surface area contributed by atoms with Crippen molar-refractivity contribution in [1.29, 1.82) is 0 Å². The fraction of sp³-hybridized carbons (Fsp3) is 0.125. The van der Waals surface area contributed by atoms with Crippen LogP contribution in [0.25, 0.3) is 0 Å². The van der Waals surface area contributed by atoms with E-state index in [0.717, 1.165) is 5.56 Å². The standard InChI is InChI=1S/C16H13F3N2OS/c17-16(18,19)22-14-7-6-12(10-13(14)20)21-8-9-23-15(21)11-4-2-1-3-5-11/h1-10,15H,20H2. The molecule has 1 aliphatic rings. The SMILES string of the molecule is Nc1cc(N2C=CSC2c2ccccc2)ccc1OC(F)(F)F. The number of benzene rings is 2. The number of thioether (sulfide) groups is 1. The summed E-state index contributed by atoms with van der Waals surface area (Å²) in [5, 5.41) is 1.96. The fourth-order valence-electron chi connectivity index (χ4n) is 2.31. The normalized spacial score (nSPS) is 17.5. The van der Waals surface area contributed by atoms with Crippen molar-refractivity contribution in [3.8, 4) is 5.75 Å². The molecule has 0 radical (unpaired) electrons. The number of nitrogens with two attached hydrogens (primary N) is 1. The van der Waals surface area contributed by atoms with Gasteiger partial charge in [-0.25, -0.2) is 0 Å². The monoisotopic (exact) mass is 338 g/mol. The maximum absolute atomic E-state index is 12.3. The lowest BCUT2D eigenvalue weighted by Crippen LogP contribution is -2.19. The third-order valence-corrected chi connectivity index (χ3v) is 4.32. The summed E-state index contributed by atoms with van der Waals surface area (Å²) in [6.07, 6.45) is -2.88. The predicted octanol–water partition coefficient (Wildman–Crippen LogP) is 4.89. The van der Waals surface area contributed by atoms with E-state index in [9.17, 15) is 13.2 Å². The molecule has 2 aromatic carbocycles. The molecule has 1 atom stereocenters. The lowest BCUT2D eigenvalue weighted by Gasteiger charge is -2.26. The van der Waals surface area contributed by atoms with Gasteiger partial charge in [-0.05, 0) is 29.2 Å². The molecule has 120 valence electrons. The molecule has 23 heavy (non-hydrogen) atoms. The number of nitrogens with zero attached hydrogens (tertiary/aromatic N) is 1. The number of anilines is 2. The van der Waals surface area contributed by atoms with Crippen molar-refractivity contribution in [3.63, 3.8) is 0 Å². The van der Waals surface area contributed by atoms with Crippen molar-refractivity contribution in [2.75, 3.05) is 10.6 Å². The highest BCUT2D eigenvalue weighted by Crippen LogP contribution is 2.43. The second-order valence-corrected chi connectivity index (χ2v) is 5.85. The van der Waals surface area contributed by atoms with Gasteiger partial charge in [0.15, 0.2) is 5.75 Å². The molecule has 0 saturated heterocycles. The second-order valence-electron chi connectivity index (χ2n) is 4.86. The van der Waals surface area contributed by atoms with E-state index < -0.39 is 12.1 Å². The summed E-state index contributed by atoms with van der Waals surface area (Å²) >= 11 is 1.61. The summed E-state index contributed by atoms with van der Waals surface area (Å²) in [5.41, 5.74) is 7.43. The highest BCUT2D eigenvalue weighted by Gasteiger charge is 2.32. The lowest BCUT2D eigenvalue weighted by molar-refractivity contribution is -0.274. The van der Waals surface area contributed by atoms with Crippen LogP contribution in [0, 0.1) is 0 Å². The zero-order valence-corrected chi connectivity index (χ0v) is 12.6. The van der Waals surface area contributed by atoms with Crippen LogP contribution in [0.15, 0.2) is 60.1 Å². The van der Waals surface area contributed by atoms with Crippen LogP contribution in [-0.4, -0.2) is 6.36 Å². The number of alkyl halides is 3. The summed E-state index contributed by atoms with van der Waals surface area (Å²) in [4.78, 5) is 1.95. The zero-order valence-electron chi connectivity index (χ0n) is 11.8. The Hall–Kier alpha value is -2.28. The van der Waals surface area contributed by atoms with Crippen molar-refractivity contribution < 1.29 is 17.9 Å². The minimum atomic E-state index is -4.76. The van der Waals surface area contributed by atoms with Gasteiger partial charge < -0.3 is 15.4 Å². The van der Waals surface area contributed by atoms with Crippen LogP contribution in [0.2, 0.25) is 0 Å². The smallest absolute Gasteiger partial charge is 0.404 e. The molecule has 2 N–H and O–H groups in total. The van der Waals surface area contributed by atoms with Crippen LogP contribution in [0.4, 0.5) is 24.5 Å². The van der Waals surface area contributed by atoms with Gasteiger partial charge in [0, 0.05) is 11.9 Å². The molecule has 0 fully saturated rings. The Morgan fingerprint density at radius 3 is 2.48 bits per heavy atom. The molecule has 3 rings (SSSR count). The number of hydrogen-bond donors (Lipinski definition) is 1. The Morgan fingerprint density at radius 2 is 1.83 bits per heavy atom. The van der Waals surface area contributed by atoms with Gasteiger partial charge in [0.2, 0.25) is 0 Å². The van der Waals surface area contributed by atoms with Gasteiger partial charge in [-0.2, -0.15) is 0 Å². The first-order valence-corrected chi connectivity index (χ1v) is 7.69. The van der Waals surface area contributed by atoms with Crippen molar-refractivity contribution in [3.05, 3.63) is 65.7 Å². The van der Waals surface area contributed by atoms with E-state index >= 15 is 0 Å². The topological polar surface area (TPSA) is 38.5 Å². The lowest BCUT2D eigenvalue weighted by atomic mass is 10.2. The van der Waals surface area contributed by atoms with Crippen LogP contribution in [0.1, 0.15) is 10.9 Å². The van der Waals surface area contributed by atoms with E-state index in [4.69, 9.17) is 5.73 Å². The first kappa shape index (κ1) is 15.6. The third-order valence-electron chi connectivity index (χ3n) is 3.28. The van der Waals surface area contributed by atoms with Gasteiger partial charge in [0.25, 0.3) is 0 Å². The van der Waals surface area contributed by atoms with E-state index in [2.05, 4.69) is 4.74 Å². The second kappa shape index (κ2) is 6.08. The van der Waals surface area contributed by atoms with E-state index in [0.29, 0.717) is 5.69 Å². The average molecular weight is 338 g/mol. The molecule has 0 amide bonds. The van der Waals surface area contributed by atoms with E-state index in [1.807, 2.05) is 46.8 Å². The van der Waals surface area contributed by atoms with Crippen LogP contribution >= 0.6 is 11.8 Å². The minimum absolute atomic E-state index is 0.0185. The molecular formula is C16H13F3N2OS. The first-order valence-electron chi connectivity index (χ1n) is 6.75. The quantitative estimate of drug-likeness (QED) is 0.809. The van der Waals surface area contributed by atoms with Crippen LogP contribution in [0.5, 0.6) is 5.75 Å². The van der Waals surface area contributed by atoms with Gasteiger partial charge >= 0.3 is 6.36 Å². The third kappa shape index (κ3) is 3.56. The average Bonchev–Trinajstić information content (AvgIpc) is 2.98. The molecule has 0 saturated carbocycles. The van der Waals surface area contributed by atoms with Crippen LogP contribution < -0.4 is 15.4 Å². The zero-order chi connectivity index (χ0) is 16.4. The highest BCUT2D eigenvalue weighted by molar-refractivity contribution is 8.02. The molecular weight excluding hydrogens is 325 g/mol. The van der Waals surface area contributed by atoms with Gasteiger partial charge in [0.05, 0.1) is 5.69 Å². The molecule has 0 aromatic heterocycles. The summed E-state index contributed by atoms with van der Waals surface area (Å²) in [5.74, 6) is -0.395. The molecule has 0 aliphatic carbocycles. The molecule has 3 nitrogen and oxygen atoms in total. The number of rotatable bonds is 3. The molecule has 2 aromatic rings. The maximum atomic E-state index is 12.3. The predicted molar refractivity (Wildman–Crippen MR) is 85.9 cm³/mol. The first-order chi connectivity index (χ1) is 10.9. The number of hydrogen-bond acceptors (Lipinski definition) is 4. The van der Waals surface area contributed by atoms with Crippen LogP contribution in [-0.2, 0) is 0 Å². The maximum Gasteiger partial charge on any atom is 0.573 e. The summed E-state index contributed by atoms with van der Waals surface area (Å²) < 4.78 is 40.8. The summed E-state index contributed by atoms with van der Waals surface area (Å²) in [6.45, 7) is 0. The Morgan fingerprint density at radius 1 is 1.09 bits per heavy atom. The molecule has 0 spiro atoms. The number of nitrogen functional groups attached to an aromatic ring is 1. The summed E-state index contributed by atoms with van der Waals surface area (Å²) in [7, 11) is 0. The van der Waals surface area contributed by atoms with Crippen molar-refractivity contribution in [1.82, 2.24) is 0 Å². The number of ether oxygens (including phenoxy) is 1. The Kier molecular flexibility index (Phi) is 4.12. The molecule has 0 bridgehead atoms. The van der Waals surface area contributed by atoms with E-state index in [1.54, 1.807) is 17.8 Å². The van der Waals surface area contributed by atoms with Crippen LogP contribution in [0.3, 0.4) is 0 Å². The van der Waals surface area contributed by atoms with Gasteiger partial charge in [-0.3, -0.25) is 0 Å². The van der Waals surface area contributed by atoms with E-state index in [-0.39, 0.29) is 11.1 Å². The Labute approximate surface area is 135 Å². The van der Waals surface area contributed by atoms with E-state index in [1.165, 1.54) is 12.1 Å². The van der Waals surface area contributed by atoms with Crippen molar-refractivity contribution in [2.45, 2.75) is 11.7 Å². The van der Waals surface area contributed by atoms with Crippen molar-refractivity contribution >= 4 is 23.1 Å². The molecule has 7 heteroatoms. The highest BCUT2D eigenvalue weighted by atomic mass is 32.2. The Bertz CT molecular complexity index is 719. The Balaban J connectivity index is 1.86.